The van der Waals surface area contributed by atoms with Crippen molar-refractivity contribution in [1.82, 2.24) is 10.2 Å². The molecule has 1 fully saturated rings. The van der Waals surface area contributed by atoms with Crippen LogP contribution in [0.1, 0.15) is 34.3 Å². The predicted octanol–water partition coefficient (Wildman–Crippen LogP) is 3.21. The van der Waals surface area contributed by atoms with E-state index >= 15 is 0 Å². The lowest BCUT2D eigenvalue weighted by Gasteiger charge is -2.16. The summed E-state index contributed by atoms with van der Waals surface area (Å²) in [5.74, 6) is 0.0396. The molecule has 3 amide bonds. The molecule has 2 aromatic rings. The molecule has 2 N–H and O–H groups in total. The van der Waals surface area contributed by atoms with Crippen molar-refractivity contribution in [3.05, 3.63) is 65.2 Å². The molecular weight excluding hydrogens is 326 g/mol. The second kappa shape index (κ2) is 7.20. The maximum Gasteiger partial charge on any atom is 0.319 e. The third-order valence-corrected chi connectivity index (χ3v) is 5.15. The van der Waals surface area contributed by atoms with Crippen molar-refractivity contribution in [2.45, 2.75) is 31.7 Å². The van der Waals surface area contributed by atoms with Crippen molar-refractivity contribution < 1.29 is 9.59 Å². The lowest BCUT2D eigenvalue weighted by atomic mass is 10.1. The number of benzene rings is 2. The van der Waals surface area contributed by atoms with E-state index in [1.165, 1.54) is 11.1 Å². The summed E-state index contributed by atoms with van der Waals surface area (Å²) in [5, 5.41) is 5.89. The van der Waals surface area contributed by atoms with Crippen molar-refractivity contribution in [3.63, 3.8) is 0 Å². The average Bonchev–Trinajstić information content (AvgIpc) is 3.30. The normalized spacial score (nSPS) is 16.4. The predicted molar refractivity (Wildman–Crippen MR) is 101 cm³/mol. The van der Waals surface area contributed by atoms with Gasteiger partial charge in [0.1, 0.15) is 0 Å². The lowest BCUT2D eigenvalue weighted by molar-refractivity contribution is 0.0793. The van der Waals surface area contributed by atoms with E-state index in [9.17, 15) is 9.59 Å². The van der Waals surface area contributed by atoms with Crippen molar-refractivity contribution in [3.8, 4) is 0 Å². The Morgan fingerprint density at radius 1 is 0.923 bits per heavy atom. The highest BCUT2D eigenvalue weighted by Gasteiger charge is 2.23. The smallest absolute Gasteiger partial charge is 0.319 e. The molecule has 5 heteroatoms. The fraction of sp³-hybridized carbons (Fsp3) is 0.333. The van der Waals surface area contributed by atoms with Crippen molar-refractivity contribution in [2.24, 2.45) is 0 Å². The molecule has 0 radical (unpaired) electrons. The van der Waals surface area contributed by atoms with Crippen LogP contribution in [0.4, 0.5) is 10.5 Å². The summed E-state index contributed by atoms with van der Waals surface area (Å²) in [7, 11) is 0. The topological polar surface area (TPSA) is 61.4 Å². The molecule has 26 heavy (non-hydrogen) atoms. The molecule has 0 saturated carbocycles. The fourth-order valence-electron chi connectivity index (χ4n) is 3.85. The van der Waals surface area contributed by atoms with Gasteiger partial charge in [0.2, 0.25) is 0 Å². The van der Waals surface area contributed by atoms with E-state index in [4.69, 9.17) is 0 Å². The minimum absolute atomic E-state index is 0.0396. The van der Waals surface area contributed by atoms with Crippen LogP contribution in [-0.2, 0) is 12.8 Å². The van der Waals surface area contributed by atoms with Crippen molar-refractivity contribution in [2.75, 3.05) is 18.4 Å². The van der Waals surface area contributed by atoms with Crippen LogP contribution in [0, 0.1) is 0 Å². The van der Waals surface area contributed by atoms with E-state index in [1.54, 1.807) is 12.1 Å². The third kappa shape index (κ3) is 3.57. The quantitative estimate of drug-likeness (QED) is 0.894. The van der Waals surface area contributed by atoms with Gasteiger partial charge in [-0.3, -0.25) is 4.79 Å². The molecular formula is C21H23N3O2. The number of rotatable bonds is 3. The largest absolute Gasteiger partial charge is 0.339 e. The van der Waals surface area contributed by atoms with E-state index in [0.29, 0.717) is 11.3 Å². The first kappa shape index (κ1) is 16.6. The maximum absolute atomic E-state index is 12.5. The Morgan fingerprint density at radius 3 is 2.31 bits per heavy atom. The molecule has 2 aliphatic rings. The van der Waals surface area contributed by atoms with E-state index in [1.807, 2.05) is 29.2 Å². The number of fused-ring (bicyclic) bond motifs is 1. The summed E-state index contributed by atoms with van der Waals surface area (Å²) < 4.78 is 0. The minimum Gasteiger partial charge on any atom is -0.339 e. The second-order valence-electron chi connectivity index (χ2n) is 7.05. The summed E-state index contributed by atoms with van der Waals surface area (Å²) in [6.45, 7) is 1.64. The molecule has 0 atom stereocenters. The Labute approximate surface area is 153 Å². The van der Waals surface area contributed by atoms with E-state index < -0.39 is 0 Å². The monoisotopic (exact) mass is 349 g/mol. The molecule has 1 aliphatic carbocycles. The number of nitrogens with zero attached hydrogens (tertiary/aromatic N) is 1. The number of carbonyl (C=O) groups excluding carboxylic acids is 2. The van der Waals surface area contributed by atoms with Crippen LogP contribution in [0.2, 0.25) is 0 Å². The summed E-state index contributed by atoms with van der Waals surface area (Å²) in [6, 6.07) is 15.4. The molecule has 1 aliphatic heterocycles. The summed E-state index contributed by atoms with van der Waals surface area (Å²) in [6.07, 6.45) is 3.85. The van der Waals surface area contributed by atoms with E-state index in [-0.39, 0.29) is 18.0 Å². The van der Waals surface area contributed by atoms with Crippen molar-refractivity contribution in [1.29, 1.82) is 0 Å². The van der Waals surface area contributed by atoms with Crippen LogP contribution in [0.25, 0.3) is 0 Å². The molecule has 1 saturated heterocycles. The average molecular weight is 349 g/mol. The summed E-state index contributed by atoms with van der Waals surface area (Å²) in [4.78, 5) is 26.7. The molecule has 4 rings (SSSR count). The highest BCUT2D eigenvalue weighted by Crippen LogP contribution is 2.22. The first-order chi connectivity index (χ1) is 12.7. The SMILES string of the molecule is O=C(Nc1cccc(C(=O)N2CCCC2)c1)NC1Cc2ccccc2C1. The van der Waals surface area contributed by atoms with Gasteiger partial charge in [0.25, 0.3) is 5.91 Å². The molecule has 0 spiro atoms. The Morgan fingerprint density at radius 2 is 1.62 bits per heavy atom. The second-order valence-corrected chi connectivity index (χ2v) is 7.05. The fourth-order valence-corrected chi connectivity index (χ4v) is 3.85. The number of amides is 3. The molecule has 0 aromatic heterocycles. The van der Waals surface area contributed by atoms with Crippen LogP contribution in [0.15, 0.2) is 48.5 Å². The van der Waals surface area contributed by atoms with Gasteiger partial charge in [0, 0.05) is 30.4 Å². The van der Waals surface area contributed by atoms with Gasteiger partial charge in [0.15, 0.2) is 0 Å². The van der Waals surface area contributed by atoms with Gasteiger partial charge in [-0.2, -0.15) is 0 Å². The lowest BCUT2D eigenvalue weighted by Crippen LogP contribution is -2.38. The number of hydrogen-bond acceptors (Lipinski definition) is 2. The Kier molecular flexibility index (Phi) is 4.61. The molecule has 5 nitrogen and oxygen atoms in total. The Balaban J connectivity index is 1.36. The Hall–Kier alpha value is -2.82. The number of urea groups is 1. The minimum atomic E-state index is -0.228. The van der Waals surface area contributed by atoms with Gasteiger partial charge in [-0.1, -0.05) is 30.3 Å². The Bertz CT molecular complexity index is 803. The highest BCUT2D eigenvalue weighted by atomic mass is 16.2. The highest BCUT2D eigenvalue weighted by molar-refractivity contribution is 5.97. The van der Waals surface area contributed by atoms with Gasteiger partial charge in [-0.15, -0.1) is 0 Å². The number of anilines is 1. The zero-order valence-electron chi connectivity index (χ0n) is 14.7. The van der Waals surface area contributed by atoms with Crippen LogP contribution in [-0.4, -0.2) is 36.0 Å². The third-order valence-electron chi connectivity index (χ3n) is 5.15. The molecule has 0 unspecified atom stereocenters. The van der Waals surface area contributed by atoms with Crippen LogP contribution >= 0.6 is 0 Å². The number of carbonyl (C=O) groups is 2. The maximum atomic E-state index is 12.5. The summed E-state index contributed by atoms with van der Waals surface area (Å²) >= 11 is 0. The number of hydrogen-bond donors (Lipinski definition) is 2. The molecule has 2 aromatic carbocycles. The van der Waals surface area contributed by atoms with Crippen LogP contribution in [0.3, 0.4) is 0 Å². The summed E-state index contributed by atoms with van der Waals surface area (Å²) in [5.41, 5.74) is 3.87. The zero-order valence-corrected chi connectivity index (χ0v) is 14.7. The van der Waals surface area contributed by atoms with Gasteiger partial charge in [0.05, 0.1) is 0 Å². The molecule has 1 heterocycles. The van der Waals surface area contributed by atoms with E-state index in [0.717, 1.165) is 38.8 Å². The molecule has 0 bridgehead atoms. The van der Waals surface area contributed by atoms with Gasteiger partial charge >= 0.3 is 6.03 Å². The van der Waals surface area contributed by atoms with Crippen molar-refractivity contribution >= 4 is 17.6 Å². The van der Waals surface area contributed by atoms with Crippen LogP contribution in [0.5, 0.6) is 0 Å². The zero-order chi connectivity index (χ0) is 17.9. The van der Waals surface area contributed by atoms with Gasteiger partial charge in [-0.25, -0.2) is 4.79 Å². The standard InChI is InChI=1S/C21H23N3O2/c25-20(24-10-3-4-11-24)17-8-5-9-18(14-17)22-21(26)23-19-12-15-6-1-2-7-16(15)13-19/h1-2,5-9,14,19H,3-4,10-13H2,(H2,22,23,26). The number of nitrogens with one attached hydrogen (secondary N) is 2. The number of likely N-dealkylation sites (tertiary alicyclic amines) is 1. The van der Waals surface area contributed by atoms with E-state index in [2.05, 4.69) is 22.8 Å². The van der Waals surface area contributed by atoms with Gasteiger partial charge < -0.3 is 15.5 Å². The van der Waals surface area contributed by atoms with Crippen LogP contribution < -0.4 is 10.6 Å². The van der Waals surface area contributed by atoms with Gasteiger partial charge in [-0.05, 0) is 55.0 Å². The first-order valence-corrected chi connectivity index (χ1v) is 9.23. The molecule has 134 valence electrons. The first-order valence-electron chi connectivity index (χ1n) is 9.23.